The number of carbonyl (C=O) groups is 1. The van der Waals surface area contributed by atoms with E-state index in [0.717, 1.165) is 0 Å². The van der Waals surface area contributed by atoms with Crippen LogP contribution in [0.15, 0.2) is 6.07 Å². The summed E-state index contributed by atoms with van der Waals surface area (Å²) in [5, 5.41) is 2.84. The zero-order valence-electron chi connectivity index (χ0n) is 9.99. The maximum Gasteiger partial charge on any atom is 0.239 e. The van der Waals surface area contributed by atoms with Crippen molar-refractivity contribution in [3.63, 3.8) is 0 Å². The molecule has 3 N–H and O–H groups in total. The molecule has 5 heteroatoms. The number of aryl methyl sites for hydroxylation is 2. The van der Waals surface area contributed by atoms with Gasteiger partial charge in [-0.1, -0.05) is 0 Å². The third kappa shape index (κ3) is 3.06. The number of hydrogen-bond donors (Lipinski definition) is 2. The van der Waals surface area contributed by atoms with E-state index in [4.69, 9.17) is 10.5 Å². The molecule has 1 aromatic rings. The first-order valence-corrected chi connectivity index (χ1v) is 6.65. The predicted octanol–water partition coefficient (Wildman–Crippen LogP) is 0.827. The lowest BCUT2D eigenvalue weighted by Crippen LogP contribution is -2.43. The Bertz CT molecular complexity index is 382. The Labute approximate surface area is 105 Å². The summed E-state index contributed by atoms with van der Waals surface area (Å²) in [6, 6.07) is 1.63. The quantitative estimate of drug-likeness (QED) is 0.818. The molecule has 0 spiro atoms. The molecule has 1 aromatic heterocycles. The van der Waals surface area contributed by atoms with E-state index in [0.29, 0.717) is 6.54 Å². The van der Waals surface area contributed by atoms with Crippen LogP contribution in [-0.4, -0.2) is 25.7 Å². The highest BCUT2D eigenvalue weighted by atomic mass is 32.1. The predicted molar refractivity (Wildman–Crippen MR) is 68.0 cm³/mol. The molecule has 0 radical (unpaired) electrons. The van der Waals surface area contributed by atoms with Crippen molar-refractivity contribution in [1.82, 2.24) is 5.32 Å². The van der Waals surface area contributed by atoms with E-state index in [1.807, 2.05) is 0 Å². The molecular weight excluding hydrogens is 236 g/mol. The minimum absolute atomic E-state index is 0.152. The molecule has 0 saturated heterocycles. The Kier molecular flexibility index (Phi) is 4.15. The van der Waals surface area contributed by atoms with Gasteiger partial charge in [0.1, 0.15) is 6.04 Å². The van der Waals surface area contributed by atoms with Crippen LogP contribution in [-0.2, 0) is 28.9 Å². The van der Waals surface area contributed by atoms with Gasteiger partial charge >= 0.3 is 0 Å². The SMILES string of the molecule is COCC(N)C(=O)NCc1cc2c(s1)CCC2. The molecule has 1 atom stereocenters. The minimum atomic E-state index is -0.577. The average Bonchev–Trinajstić information content (AvgIpc) is 2.86. The Balaban J connectivity index is 1.83. The van der Waals surface area contributed by atoms with Crippen LogP contribution in [0.5, 0.6) is 0 Å². The lowest BCUT2D eigenvalue weighted by molar-refractivity contribution is -0.123. The molecule has 1 unspecified atom stereocenters. The topological polar surface area (TPSA) is 64.3 Å². The zero-order chi connectivity index (χ0) is 12.3. The van der Waals surface area contributed by atoms with E-state index in [-0.39, 0.29) is 12.5 Å². The van der Waals surface area contributed by atoms with Crippen LogP contribution in [0.2, 0.25) is 0 Å². The molecule has 1 aliphatic carbocycles. The van der Waals surface area contributed by atoms with E-state index in [1.54, 1.807) is 11.3 Å². The van der Waals surface area contributed by atoms with Crippen LogP contribution in [0.3, 0.4) is 0 Å². The average molecular weight is 254 g/mol. The molecular formula is C12H18N2O2S. The van der Waals surface area contributed by atoms with E-state index in [9.17, 15) is 4.79 Å². The second-order valence-corrected chi connectivity index (χ2v) is 5.52. The maximum absolute atomic E-state index is 11.6. The fourth-order valence-corrected chi connectivity index (χ4v) is 3.24. The lowest BCUT2D eigenvalue weighted by atomic mass is 10.2. The largest absolute Gasteiger partial charge is 0.383 e. The number of thiophene rings is 1. The van der Waals surface area contributed by atoms with Crippen LogP contribution in [0.4, 0.5) is 0 Å². The number of carbonyl (C=O) groups excluding carboxylic acids is 1. The number of amides is 1. The van der Waals surface area contributed by atoms with Crippen LogP contribution in [0.25, 0.3) is 0 Å². The van der Waals surface area contributed by atoms with Crippen molar-refractivity contribution < 1.29 is 9.53 Å². The molecule has 1 heterocycles. The number of nitrogens with one attached hydrogen (secondary N) is 1. The van der Waals surface area contributed by atoms with E-state index >= 15 is 0 Å². The third-order valence-electron chi connectivity index (χ3n) is 2.92. The standard InChI is InChI=1S/C12H18N2O2S/c1-16-7-10(13)12(15)14-6-9-5-8-3-2-4-11(8)17-9/h5,10H,2-4,6-7,13H2,1H3,(H,14,15). The summed E-state index contributed by atoms with van der Waals surface area (Å²) in [6.45, 7) is 0.834. The van der Waals surface area contributed by atoms with Crippen molar-refractivity contribution in [1.29, 1.82) is 0 Å². The van der Waals surface area contributed by atoms with Crippen LogP contribution in [0.1, 0.15) is 21.7 Å². The highest BCUT2D eigenvalue weighted by Crippen LogP contribution is 2.30. The molecule has 1 aliphatic rings. The number of methoxy groups -OCH3 is 1. The van der Waals surface area contributed by atoms with E-state index < -0.39 is 6.04 Å². The Hall–Kier alpha value is -0.910. The first-order chi connectivity index (χ1) is 8.20. The highest BCUT2D eigenvalue weighted by Gasteiger charge is 2.16. The second-order valence-electron chi connectivity index (χ2n) is 4.29. The molecule has 2 rings (SSSR count). The third-order valence-corrected chi connectivity index (χ3v) is 4.15. The Morgan fingerprint density at radius 3 is 3.18 bits per heavy atom. The molecule has 17 heavy (non-hydrogen) atoms. The van der Waals surface area contributed by atoms with Gasteiger partial charge in [0.05, 0.1) is 13.2 Å². The van der Waals surface area contributed by atoms with Crippen molar-refractivity contribution >= 4 is 17.2 Å². The van der Waals surface area contributed by atoms with Crippen LogP contribution < -0.4 is 11.1 Å². The van der Waals surface area contributed by atoms with Crippen molar-refractivity contribution in [2.24, 2.45) is 5.73 Å². The summed E-state index contributed by atoms with van der Waals surface area (Å²) in [4.78, 5) is 14.3. The van der Waals surface area contributed by atoms with Gasteiger partial charge < -0.3 is 15.8 Å². The molecule has 4 nitrogen and oxygen atoms in total. The van der Waals surface area contributed by atoms with Crippen LogP contribution >= 0.6 is 11.3 Å². The lowest BCUT2D eigenvalue weighted by Gasteiger charge is -2.10. The first kappa shape index (κ1) is 12.5. The number of nitrogens with two attached hydrogens (primary N) is 1. The number of ether oxygens (including phenoxy) is 1. The smallest absolute Gasteiger partial charge is 0.239 e. The van der Waals surface area contributed by atoms with Crippen molar-refractivity contribution in [3.8, 4) is 0 Å². The van der Waals surface area contributed by atoms with E-state index in [2.05, 4.69) is 11.4 Å². The maximum atomic E-state index is 11.6. The number of rotatable bonds is 5. The van der Waals surface area contributed by atoms with Crippen LogP contribution in [0, 0.1) is 0 Å². The molecule has 0 fully saturated rings. The van der Waals surface area contributed by atoms with E-state index in [1.165, 1.54) is 41.7 Å². The molecule has 94 valence electrons. The van der Waals surface area contributed by atoms with Gasteiger partial charge in [-0.3, -0.25) is 4.79 Å². The van der Waals surface area contributed by atoms with Gasteiger partial charge in [0, 0.05) is 16.9 Å². The van der Waals surface area contributed by atoms with Gasteiger partial charge in [-0.05, 0) is 30.9 Å². The molecule has 1 amide bonds. The Morgan fingerprint density at radius 1 is 1.65 bits per heavy atom. The normalized spacial score (nSPS) is 15.6. The summed E-state index contributed by atoms with van der Waals surface area (Å²) < 4.78 is 4.84. The van der Waals surface area contributed by atoms with Gasteiger partial charge in [0.2, 0.25) is 5.91 Å². The number of hydrogen-bond acceptors (Lipinski definition) is 4. The fourth-order valence-electron chi connectivity index (χ4n) is 2.04. The summed E-state index contributed by atoms with van der Waals surface area (Å²) in [6.07, 6.45) is 3.65. The zero-order valence-corrected chi connectivity index (χ0v) is 10.8. The molecule has 0 bridgehead atoms. The monoisotopic (exact) mass is 254 g/mol. The molecule has 0 saturated carbocycles. The molecule has 0 aromatic carbocycles. The number of fused-ring (bicyclic) bond motifs is 1. The van der Waals surface area contributed by atoms with Crippen molar-refractivity contribution in [2.75, 3.05) is 13.7 Å². The summed E-state index contributed by atoms with van der Waals surface area (Å²) >= 11 is 1.80. The minimum Gasteiger partial charge on any atom is -0.383 e. The first-order valence-electron chi connectivity index (χ1n) is 5.83. The van der Waals surface area contributed by atoms with Crippen molar-refractivity contribution in [3.05, 3.63) is 21.4 Å². The molecule has 0 aliphatic heterocycles. The fraction of sp³-hybridized carbons (Fsp3) is 0.583. The van der Waals surface area contributed by atoms with Gasteiger partial charge in [0.25, 0.3) is 0 Å². The van der Waals surface area contributed by atoms with Gasteiger partial charge in [0.15, 0.2) is 0 Å². The van der Waals surface area contributed by atoms with Gasteiger partial charge in [-0.2, -0.15) is 0 Å². The van der Waals surface area contributed by atoms with Crippen molar-refractivity contribution in [2.45, 2.75) is 31.8 Å². The van der Waals surface area contributed by atoms with Gasteiger partial charge in [-0.15, -0.1) is 11.3 Å². The Morgan fingerprint density at radius 2 is 2.47 bits per heavy atom. The summed E-state index contributed by atoms with van der Waals surface area (Å²) in [5.41, 5.74) is 7.09. The summed E-state index contributed by atoms with van der Waals surface area (Å²) in [5.74, 6) is -0.152. The highest BCUT2D eigenvalue weighted by molar-refractivity contribution is 7.12. The second kappa shape index (κ2) is 5.62. The summed E-state index contributed by atoms with van der Waals surface area (Å²) in [7, 11) is 1.54. The van der Waals surface area contributed by atoms with Gasteiger partial charge in [-0.25, -0.2) is 0 Å².